The minimum absolute atomic E-state index is 0.841. The lowest BCUT2D eigenvalue weighted by molar-refractivity contribution is 0.588. The Balaban J connectivity index is 1.47. The molecule has 0 spiro atoms. The predicted octanol–water partition coefficient (Wildman–Crippen LogP) is 10.1. The Hall–Kier alpha value is -3.70. The molecule has 2 aliphatic carbocycles. The number of allylic oxidation sites excluding steroid dienone is 6. The van der Waals surface area contributed by atoms with E-state index in [1.807, 2.05) is 97.1 Å². The summed E-state index contributed by atoms with van der Waals surface area (Å²) in [6.07, 6.45) is 5.62. The van der Waals surface area contributed by atoms with Gasteiger partial charge in [-0.1, -0.05) is 121 Å². The van der Waals surface area contributed by atoms with Crippen LogP contribution in [-0.4, -0.2) is 0 Å². The van der Waals surface area contributed by atoms with Crippen LogP contribution in [0.15, 0.2) is 154 Å². The van der Waals surface area contributed by atoms with Crippen molar-refractivity contribution in [3.8, 4) is 0 Å². The molecule has 2 heterocycles. The largest absolute Gasteiger partial charge is 0.309 e. The molecule has 2 atom stereocenters. The van der Waals surface area contributed by atoms with Crippen molar-refractivity contribution in [2.24, 2.45) is 0 Å². The quantitative estimate of drug-likeness (QED) is 0.220. The third-order valence-corrected chi connectivity index (χ3v) is 16.2. The molecule has 2 aliphatic heterocycles. The molecule has 0 radical (unpaired) electrons. The summed E-state index contributed by atoms with van der Waals surface area (Å²) < 4.78 is 32.7. The highest BCUT2D eigenvalue weighted by Gasteiger charge is 2.55. The predicted molar refractivity (Wildman–Crippen MR) is 176 cm³/mol. The lowest BCUT2D eigenvalue weighted by atomic mass is 10.0. The zero-order chi connectivity index (χ0) is 28.3. The number of hydrogen-bond donors (Lipinski definition) is 0. The van der Waals surface area contributed by atoms with Gasteiger partial charge in [-0.2, -0.15) is 0 Å². The lowest BCUT2D eigenvalue weighted by Crippen LogP contribution is -2.12. The number of hydrogen-bond acceptors (Lipinski definition) is 2. The molecule has 8 rings (SSSR count). The van der Waals surface area contributed by atoms with Crippen molar-refractivity contribution in [1.29, 1.82) is 0 Å². The van der Waals surface area contributed by atoms with Crippen LogP contribution in [0, 0.1) is 0 Å². The fraction of sp³-hybridized carbons (Fsp3) is 0.158. The molecule has 4 aromatic carbocycles. The molecule has 4 aromatic rings. The van der Waals surface area contributed by atoms with Crippen molar-refractivity contribution in [3.05, 3.63) is 165 Å². The van der Waals surface area contributed by atoms with Crippen LogP contribution < -0.4 is 10.6 Å². The summed E-state index contributed by atoms with van der Waals surface area (Å²) in [4.78, 5) is 0. The summed E-state index contributed by atoms with van der Waals surface area (Å²) in [7, 11) is -6.71. The van der Waals surface area contributed by atoms with E-state index in [2.05, 4.69) is 24.3 Å². The van der Waals surface area contributed by atoms with Gasteiger partial charge in [0.2, 0.25) is 0 Å². The summed E-state index contributed by atoms with van der Waals surface area (Å²) in [5, 5.41) is 5.41. The number of benzene rings is 4. The van der Waals surface area contributed by atoms with Crippen LogP contribution in [0.1, 0.15) is 49.7 Å². The van der Waals surface area contributed by atoms with Gasteiger partial charge in [0.1, 0.15) is 0 Å². The maximum atomic E-state index is 16.3. The molecular weight excluding hydrogens is 550 g/mol. The second kappa shape index (κ2) is 9.95. The van der Waals surface area contributed by atoms with Crippen LogP contribution in [0.4, 0.5) is 0 Å². The van der Waals surface area contributed by atoms with Crippen LogP contribution in [0.5, 0.6) is 0 Å². The van der Waals surface area contributed by atoms with E-state index in [0.29, 0.717) is 0 Å². The first kappa shape index (κ1) is 26.0. The summed E-state index contributed by atoms with van der Waals surface area (Å²) in [6.45, 7) is 0. The maximum absolute atomic E-state index is 16.3. The van der Waals surface area contributed by atoms with E-state index >= 15 is 9.13 Å². The van der Waals surface area contributed by atoms with Crippen molar-refractivity contribution in [2.75, 3.05) is 0 Å². The first-order chi connectivity index (χ1) is 20.6. The Morgan fingerprint density at radius 2 is 0.643 bits per heavy atom. The fourth-order valence-electron chi connectivity index (χ4n) is 7.80. The van der Waals surface area contributed by atoms with E-state index in [1.54, 1.807) is 0 Å². The first-order valence-electron chi connectivity index (χ1n) is 15.0. The van der Waals surface area contributed by atoms with Crippen LogP contribution in [-0.2, 0) is 9.13 Å². The van der Waals surface area contributed by atoms with Crippen molar-refractivity contribution in [3.63, 3.8) is 0 Å². The average molecular weight is 583 g/mol. The van der Waals surface area contributed by atoms with Crippen LogP contribution in [0.3, 0.4) is 0 Å². The third kappa shape index (κ3) is 3.59. The van der Waals surface area contributed by atoms with Crippen LogP contribution in [0.2, 0.25) is 0 Å². The van der Waals surface area contributed by atoms with Gasteiger partial charge >= 0.3 is 0 Å². The van der Waals surface area contributed by atoms with Gasteiger partial charge in [0.05, 0.1) is 0 Å². The standard InChI is InChI=1S/C38H32O2P2/c39-41(29-19-9-3-10-20-29)35(27-15-5-1-6-16-27)31-23-13-25-33(31)37(41)38-34-26-14-24-32(34)36(28-17-7-2-8-18-28)42(38,40)30-21-11-4-12-22-30/h1-12,15-22H,13-14,23-26H2. The van der Waals surface area contributed by atoms with Gasteiger partial charge < -0.3 is 9.13 Å². The SMILES string of the molecule is O=P1(c2ccccc2)C(C2=C3CCCC3=C(c3ccccc3)P2(=O)c2ccccc2)=C2CCCC2=C1c1ccccc1. The molecule has 0 amide bonds. The second-order valence-corrected chi connectivity index (χ2v) is 16.9. The maximum Gasteiger partial charge on any atom is 0.172 e. The minimum Gasteiger partial charge on any atom is -0.309 e. The summed E-state index contributed by atoms with van der Waals surface area (Å²) in [5.41, 5.74) is 6.89. The summed E-state index contributed by atoms with van der Waals surface area (Å²) in [5.74, 6) is 0. The van der Waals surface area contributed by atoms with Crippen LogP contribution in [0.25, 0.3) is 10.6 Å². The van der Waals surface area contributed by atoms with Gasteiger partial charge in [0.25, 0.3) is 0 Å². The minimum atomic E-state index is -3.36. The molecule has 0 bridgehead atoms. The van der Waals surface area contributed by atoms with E-state index < -0.39 is 14.3 Å². The highest BCUT2D eigenvalue weighted by atomic mass is 31.2. The molecule has 0 saturated heterocycles. The Kier molecular flexibility index (Phi) is 6.15. The Bertz CT molecular complexity index is 1800. The topological polar surface area (TPSA) is 34.1 Å². The van der Waals surface area contributed by atoms with Gasteiger partial charge in [0.15, 0.2) is 14.3 Å². The normalized spacial score (nSPS) is 25.0. The molecule has 206 valence electrons. The Morgan fingerprint density at radius 3 is 0.976 bits per heavy atom. The molecule has 0 aromatic heterocycles. The summed E-state index contributed by atoms with van der Waals surface area (Å²) >= 11 is 0. The molecular formula is C38H32O2P2. The van der Waals surface area contributed by atoms with Crippen molar-refractivity contribution in [2.45, 2.75) is 38.5 Å². The lowest BCUT2D eigenvalue weighted by Gasteiger charge is -2.29. The Labute approximate surface area is 248 Å². The van der Waals surface area contributed by atoms with E-state index in [9.17, 15) is 0 Å². The smallest absolute Gasteiger partial charge is 0.172 e. The van der Waals surface area contributed by atoms with Crippen LogP contribution >= 0.6 is 14.3 Å². The van der Waals surface area contributed by atoms with E-state index in [1.165, 1.54) is 22.3 Å². The summed E-state index contributed by atoms with van der Waals surface area (Å²) in [6, 6.07) is 40.7. The van der Waals surface area contributed by atoms with E-state index in [4.69, 9.17) is 0 Å². The van der Waals surface area contributed by atoms with E-state index in [0.717, 1.165) is 81.5 Å². The number of rotatable bonds is 5. The van der Waals surface area contributed by atoms with Crippen molar-refractivity contribution in [1.82, 2.24) is 0 Å². The molecule has 2 saturated carbocycles. The van der Waals surface area contributed by atoms with Crippen molar-refractivity contribution >= 4 is 35.5 Å². The molecule has 2 fully saturated rings. The van der Waals surface area contributed by atoms with Crippen molar-refractivity contribution < 1.29 is 9.13 Å². The average Bonchev–Trinajstić information content (AvgIpc) is 3.80. The van der Waals surface area contributed by atoms with Gasteiger partial charge in [-0.15, -0.1) is 0 Å². The fourth-order valence-corrected chi connectivity index (χ4v) is 15.7. The highest BCUT2D eigenvalue weighted by Crippen LogP contribution is 2.83. The Morgan fingerprint density at radius 1 is 0.357 bits per heavy atom. The molecule has 4 heteroatoms. The monoisotopic (exact) mass is 582 g/mol. The number of fused-ring (bicyclic) bond motifs is 2. The molecule has 42 heavy (non-hydrogen) atoms. The van der Waals surface area contributed by atoms with Gasteiger partial charge in [0, 0.05) is 31.9 Å². The molecule has 0 N–H and O–H groups in total. The van der Waals surface area contributed by atoms with Gasteiger partial charge in [-0.05, 0) is 71.9 Å². The van der Waals surface area contributed by atoms with Gasteiger partial charge in [-0.3, -0.25) is 0 Å². The second-order valence-electron chi connectivity index (χ2n) is 11.6. The molecule has 4 aliphatic rings. The first-order valence-corrected chi connectivity index (χ1v) is 18.4. The molecule has 2 nitrogen and oxygen atoms in total. The van der Waals surface area contributed by atoms with E-state index in [-0.39, 0.29) is 0 Å². The zero-order valence-corrected chi connectivity index (χ0v) is 25.3. The highest BCUT2D eigenvalue weighted by molar-refractivity contribution is 7.90. The third-order valence-electron chi connectivity index (χ3n) is 9.40. The van der Waals surface area contributed by atoms with Gasteiger partial charge in [-0.25, -0.2) is 0 Å². The zero-order valence-electron chi connectivity index (χ0n) is 23.5. The molecule has 2 unspecified atom stereocenters.